The first-order chi connectivity index (χ1) is 12.5. The van der Waals surface area contributed by atoms with E-state index in [0.29, 0.717) is 41.5 Å². The van der Waals surface area contributed by atoms with Crippen LogP contribution in [0.25, 0.3) is 0 Å². The topological polar surface area (TPSA) is 49.4 Å². The lowest BCUT2D eigenvalue weighted by Gasteiger charge is -2.31. The van der Waals surface area contributed by atoms with Gasteiger partial charge in [-0.2, -0.15) is 0 Å². The Bertz CT molecular complexity index is 830. The van der Waals surface area contributed by atoms with Gasteiger partial charge in [-0.15, -0.1) is 0 Å². The third-order valence-corrected chi connectivity index (χ3v) is 5.52. The average molecular weight is 391 g/mol. The van der Waals surface area contributed by atoms with Crippen molar-refractivity contribution in [1.29, 1.82) is 0 Å². The Morgan fingerprint density at radius 3 is 2.35 bits per heavy atom. The van der Waals surface area contributed by atoms with E-state index in [1.165, 1.54) is 0 Å². The zero-order valence-electron chi connectivity index (χ0n) is 14.5. The molecule has 0 spiro atoms. The number of piperidine rings is 1. The van der Waals surface area contributed by atoms with Crippen molar-refractivity contribution >= 4 is 40.7 Å². The predicted molar refractivity (Wildman–Crippen MR) is 105 cm³/mol. The van der Waals surface area contributed by atoms with Crippen LogP contribution >= 0.6 is 23.2 Å². The Morgan fingerprint density at radius 1 is 1.00 bits per heavy atom. The first kappa shape index (κ1) is 18.7. The van der Waals surface area contributed by atoms with Crippen molar-refractivity contribution in [2.24, 2.45) is 5.92 Å². The van der Waals surface area contributed by atoms with Gasteiger partial charge in [-0.3, -0.25) is 9.59 Å². The summed E-state index contributed by atoms with van der Waals surface area (Å²) in [6.07, 6.45) is 1.25. The lowest BCUT2D eigenvalue weighted by atomic mass is 9.95. The molecule has 2 aromatic rings. The molecule has 2 amide bonds. The van der Waals surface area contributed by atoms with Crippen LogP contribution in [0, 0.1) is 12.8 Å². The Kier molecular flexibility index (Phi) is 5.84. The molecule has 0 radical (unpaired) electrons. The molecule has 26 heavy (non-hydrogen) atoms. The average Bonchev–Trinajstić information content (AvgIpc) is 2.65. The minimum atomic E-state index is -0.122. The monoisotopic (exact) mass is 390 g/mol. The van der Waals surface area contributed by atoms with Crippen molar-refractivity contribution in [1.82, 2.24) is 4.90 Å². The number of benzene rings is 2. The van der Waals surface area contributed by atoms with Crippen LogP contribution < -0.4 is 5.32 Å². The summed E-state index contributed by atoms with van der Waals surface area (Å²) in [5.41, 5.74) is 2.09. The fourth-order valence-electron chi connectivity index (χ4n) is 3.13. The summed E-state index contributed by atoms with van der Waals surface area (Å²) >= 11 is 12.2. The van der Waals surface area contributed by atoms with Crippen LogP contribution in [-0.2, 0) is 4.79 Å². The molecule has 136 valence electrons. The molecule has 0 aliphatic carbocycles. The van der Waals surface area contributed by atoms with Crippen LogP contribution in [-0.4, -0.2) is 29.8 Å². The molecule has 1 heterocycles. The smallest absolute Gasteiger partial charge is 0.255 e. The number of halogens is 2. The highest BCUT2D eigenvalue weighted by atomic mass is 35.5. The summed E-state index contributed by atoms with van der Waals surface area (Å²) in [4.78, 5) is 26.9. The van der Waals surface area contributed by atoms with Gasteiger partial charge in [0, 0.05) is 29.7 Å². The Labute approximate surface area is 163 Å². The lowest BCUT2D eigenvalue weighted by Crippen LogP contribution is -2.41. The zero-order chi connectivity index (χ0) is 18.7. The summed E-state index contributed by atoms with van der Waals surface area (Å²) in [6, 6.07) is 12.5. The molecule has 0 unspecified atom stereocenters. The normalized spacial score (nSPS) is 15.0. The standard InChI is InChI=1S/C20H20Cl2N2O2/c1-13-16(21)7-4-8-18(13)23-19(25)14-9-11-24(12-10-14)20(26)15-5-2-3-6-17(15)22/h2-8,14H,9-12H2,1H3,(H,23,25). The van der Waals surface area contributed by atoms with Crippen LogP contribution in [0.15, 0.2) is 42.5 Å². The van der Waals surface area contributed by atoms with E-state index in [1.54, 1.807) is 35.2 Å². The van der Waals surface area contributed by atoms with Gasteiger partial charge in [-0.05, 0) is 49.6 Å². The Hall–Kier alpha value is -2.04. The summed E-state index contributed by atoms with van der Waals surface area (Å²) in [7, 11) is 0. The number of hydrogen-bond acceptors (Lipinski definition) is 2. The van der Waals surface area contributed by atoms with E-state index in [1.807, 2.05) is 19.1 Å². The van der Waals surface area contributed by atoms with Gasteiger partial charge < -0.3 is 10.2 Å². The van der Waals surface area contributed by atoms with Gasteiger partial charge in [-0.25, -0.2) is 0 Å². The van der Waals surface area contributed by atoms with Crippen molar-refractivity contribution in [2.75, 3.05) is 18.4 Å². The number of amides is 2. The molecular formula is C20H20Cl2N2O2. The van der Waals surface area contributed by atoms with Crippen LogP contribution in [0.3, 0.4) is 0 Å². The highest BCUT2D eigenvalue weighted by molar-refractivity contribution is 6.33. The molecule has 0 aromatic heterocycles. The third kappa shape index (κ3) is 4.02. The van der Waals surface area contributed by atoms with E-state index in [-0.39, 0.29) is 17.7 Å². The Balaban J connectivity index is 1.60. The summed E-state index contributed by atoms with van der Waals surface area (Å²) < 4.78 is 0. The maximum atomic E-state index is 12.6. The fourth-order valence-corrected chi connectivity index (χ4v) is 3.52. The molecule has 1 N–H and O–H groups in total. The molecule has 0 atom stereocenters. The number of anilines is 1. The number of nitrogens with zero attached hydrogens (tertiary/aromatic N) is 1. The fraction of sp³-hybridized carbons (Fsp3) is 0.300. The number of hydrogen-bond donors (Lipinski definition) is 1. The first-order valence-corrected chi connectivity index (χ1v) is 9.32. The van der Waals surface area contributed by atoms with E-state index in [2.05, 4.69) is 5.32 Å². The zero-order valence-corrected chi connectivity index (χ0v) is 16.0. The second kappa shape index (κ2) is 8.11. The molecule has 0 saturated carbocycles. The maximum absolute atomic E-state index is 12.6. The minimum absolute atomic E-state index is 0.0276. The van der Waals surface area contributed by atoms with Crippen LogP contribution in [0.1, 0.15) is 28.8 Å². The van der Waals surface area contributed by atoms with Gasteiger partial charge in [0.25, 0.3) is 5.91 Å². The van der Waals surface area contributed by atoms with Gasteiger partial charge in [0.05, 0.1) is 10.6 Å². The van der Waals surface area contributed by atoms with E-state index in [0.717, 1.165) is 11.3 Å². The van der Waals surface area contributed by atoms with Crippen molar-refractivity contribution in [3.63, 3.8) is 0 Å². The SMILES string of the molecule is Cc1c(Cl)cccc1NC(=O)C1CCN(C(=O)c2ccccc2Cl)CC1. The third-order valence-electron chi connectivity index (χ3n) is 4.78. The van der Waals surface area contributed by atoms with Gasteiger partial charge in [0.1, 0.15) is 0 Å². The second-order valence-corrected chi connectivity index (χ2v) is 7.26. The highest BCUT2D eigenvalue weighted by Crippen LogP contribution is 2.26. The lowest BCUT2D eigenvalue weighted by molar-refractivity contribution is -0.121. The molecule has 0 bridgehead atoms. The second-order valence-electron chi connectivity index (χ2n) is 6.45. The predicted octanol–water partition coefficient (Wildman–Crippen LogP) is 4.79. The molecule has 3 rings (SSSR count). The number of nitrogens with one attached hydrogen (secondary N) is 1. The van der Waals surface area contributed by atoms with E-state index >= 15 is 0 Å². The molecule has 4 nitrogen and oxygen atoms in total. The molecule has 1 aliphatic heterocycles. The van der Waals surface area contributed by atoms with Gasteiger partial charge >= 0.3 is 0 Å². The maximum Gasteiger partial charge on any atom is 0.255 e. The quantitative estimate of drug-likeness (QED) is 0.818. The van der Waals surface area contributed by atoms with Crippen LogP contribution in [0.2, 0.25) is 10.0 Å². The van der Waals surface area contributed by atoms with Gasteiger partial charge in [0.15, 0.2) is 0 Å². The van der Waals surface area contributed by atoms with E-state index in [9.17, 15) is 9.59 Å². The largest absolute Gasteiger partial charge is 0.339 e. The minimum Gasteiger partial charge on any atom is -0.339 e. The van der Waals surface area contributed by atoms with Gasteiger partial charge in [-0.1, -0.05) is 41.4 Å². The van der Waals surface area contributed by atoms with Crippen molar-refractivity contribution in [2.45, 2.75) is 19.8 Å². The van der Waals surface area contributed by atoms with Crippen molar-refractivity contribution in [3.8, 4) is 0 Å². The molecule has 6 heteroatoms. The number of carbonyl (C=O) groups excluding carboxylic acids is 2. The molecule has 2 aromatic carbocycles. The van der Waals surface area contributed by atoms with E-state index < -0.39 is 0 Å². The number of rotatable bonds is 3. The molecular weight excluding hydrogens is 371 g/mol. The van der Waals surface area contributed by atoms with Crippen molar-refractivity contribution in [3.05, 3.63) is 63.6 Å². The summed E-state index contributed by atoms with van der Waals surface area (Å²) in [5, 5.41) is 4.04. The van der Waals surface area contributed by atoms with Gasteiger partial charge in [0.2, 0.25) is 5.91 Å². The number of carbonyl (C=O) groups is 2. The van der Waals surface area contributed by atoms with Crippen LogP contribution in [0.4, 0.5) is 5.69 Å². The van der Waals surface area contributed by atoms with Crippen LogP contribution in [0.5, 0.6) is 0 Å². The summed E-state index contributed by atoms with van der Waals surface area (Å²) in [6.45, 7) is 2.95. The molecule has 1 saturated heterocycles. The molecule has 1 aliphatic rings. The summed E-state index contributed by atoms with van der Waals surface area (Å²) in [5.74, 6) is -0.232. The number of likely N-dealkylation sites (tertiary alicyclic amines) is 1. The van der Waals surface area contributed by atoms with E-state index in [4.69, 9.17) is 23.2 Å². The first-order valence-electron chi connectivity index (χ1n) is 8.57. The van der Waals surface area contributed by atoms with Crippen molar-refractivity contribution < 1.29 is 9.59 Å². The Morgan fingerprint density at radius 2 is 1.65 bits per heavy atom. The molecule has 1 fully saturated rings. The highest BCUT2D eigenvalue weighted by Gasteiger charge is 2.28.